The second-order valence-corrected chi connectivity index (χ2v) is 4.50. The van der Waals surface area contributed by atoms with Crippen molar-refractivity contribution >= 4 is 0 Å². The first kappa shape index (κ1) is 10.4. The lowest BCUT2D eigenvalue weighted by molar-refractivity contribution is 0.416. The molecule has 4 nitrogen and oxygen atoms in total. The zero-order valence-corrected chi connectivity index (χ0v) is 9.73. The summed E-state index contributed by atoms with van der Waals surface area (Å²) in [6, 6.07) is 7.87. The van der Waals surface area contributed by atoms with Gasteiger partial charge in [0.2, 0.25) is 0 Å². The van der Waals surface area contributed by atoms with E-state index in [1.54, 1.807) is 7.11 Å². The largest absolute Gasteiger partial charge is 0.496 e. The highest BCUT2D eigenvalue weighted by atomic mass is 16.5. The van der Waals surface area contributed by atoms with E-state index in [2.05, 4.69) is 9.97 Å². The van der Waals surface area contributed by atoms with Gasteiger partial charge in [-0.05, 0) is 25.0 Å². The van der Waals surface area contributed by atoms with E-state index in [1.165, 1.54) is 0 Å². The second-order valence-electron chi connectivity index (χ2n) is 4.50. The van der Waals surface area contributed by atoms with Gasteiger partial charge >= 0.3 is 0 Å². The van der Waals surface area contributed by atoms with Gasteiger partial charge in [-0.3, -0.25) is 0 Å². The van der Waals surface area contributed by atoms with Crippen LogP contribution in [0.4, 0.5) is 0 Å². The summed E-state index contributed by atoms with van der Waals surface area (Å²) in [4.78, 5) is 7.66. The summed E-state index contributed by atoms with van der Waals surface area (Å²) in [5, 5.41) is 0. The highest BCUT2D eigenvalue weighted by Gasteiger charge is 2.42. The fraction of sp³-hybridized carbons (Fsp3) is 0.308. The molecule has 1 aliphatic rings. The molecule has 2 aromatic rings. The zero-order valence-electron chi connectivity index (χ0n) is 9.73. The van der Waals surface area contributed by atoms with E-state index in [0.29, 0.717) is 0 Å². The maximum Gasteiger partial charge on any atom is 0.128 e. The van der Waals surface area contributed by atoms with Crippen LogP contribution < -0.4 is 10.5 Å². The number of ether oxygens (including phenoxy) is 1. The van der Waals surface area contributed by atoms with Crippen LogP contribution in [0.5, 0.6) is 5.75 Å². The molecule has 0 saturated heterocycles. The first-order valence-corrected chi connectivity index (χ1v) is 5.71. The molecule has 88 valence electrons. The molecule has 0 spiro atoms. The summed E-state index contributed by atoms with van der Waals surface area (Å²) in [6.07, 6.45) is 3.83. The molecular formula is C13H15N3O. The van der Waals surface area contributed by atoms with Crippen LogP contribution in [0.15, 0.2) is 30.5 Å². The van der Waals surface area contributed by atoms with Gasteiger partial charge in [-0.25, -0.2) is 4.98 Å². The lowest BCUT2D eigenvalue weighted by atomic mass is 10.1. The average molecular weight is 229 g/mol. The van der Waals surface area contributed by atoms with E-state index < -0.39 is 0 Å². The molecule has 1 saturated carbocycles. The Hall–Kier alpha value is -1.81. The maximum absolute atomic E-state index is 6.10. The third-order valence-electron chi connectivity index (χ3n) is 3.23. The van der Waals surface area contributed by atoms with Crippen LogP contribution in [0.3, 0.4) is 0 Å². The molecule has 17 heavy (non-hydrogen) atoms. The summed E-state index contributed by atoms with van der Waals surface area (Å²) in [5.74, 6) is 1.71. The van der Waals surface area contributed by atoms with Gasteiger partial charge in [0.05, 0.1) is 24.5 Å². The Kier molecular flexibility index (Phi) is 2.19. The van der Waals surface area contributed by atoms with Crippen LogP contribution in [0.1, 0.15) is 18.7 Å². The van der Waals surface area contributed by atoms with E-state index in [4.69, 9.17) is 10.5 Å². The SMILES string of the molecule is COc1ccccc1-c1cnc(C2(N)CC2)[nH]1. The quantitative estimate of drug-likeness (QED) is 0.846. The van der Waals surface area contributed by atoms with Crippen molar-refractivity contribution in [1.29, 1.82) is 0 Å². The number of nitrogens with one attached hydrogen (secondary N) is 1. The highest BCUT2D eigenvalue weighted by Crippen LogP contribution is 2.41. The number of hydrogen-bond donors (Lipinski definition) is 2. The molecule has 0 bridgehead atoms. The van der Waals surface area contributed by atoms with Gasteiger partial charge in [0.25, 0.3) is 0 Å². The van der Waals surface area contributed by atoms with E-state index >= 15 is 0 Å². The van der Waals surface area contributed by atoms with Crippen LogP contribution in [0, 0.1) is 0 Å². The fourth-order valence-electron chi connectivity index (χ4n) is 1.95. The van der Waals surface area contributed by atoms with E-state index in [0.717, 1.165) is 35.7 Å². The minimum Gasteiger partial charge on any atom is -0.496 e. The molecule has 4 heteroatoms. The van der Waals surface area contributed by atoms with Crippen molar-refractivity contribution in [1.82, 2.24) is 9.97 Å². The van der Waals surface area contributed by atoms with E-state index in [-0.39, 0.29) is 5.54 Å². The Morgan fingerprint density at radius 1 is 1.35 bits per heavy atom. The summed E-state index contributed by atoms with van der Waals surface area (Å²) < 4.78 is 5.33. The molecule has 0 unspecified atom stereocenters. The number of methoxy groups -OCH3 is 1. The lowest BCUT2D eigenvalue weighted by Gasteiger charge is -2.06. The number of aromatic nitrogens is 2. The fourth-order valence-corrected chi connectivity index (χ4v) is 1.95. The van der Waals surface area contributed by atoms with Gasteiger partial charge in [-0.1, -0.05) is 12.1 Å². The van der Waals surface area contributed by atoms with Crippen LogP contribution in [-0.2, 0) is 5.54 Å². The molecule has 3 rings (SSSR count). The van der Waals surface area contributed by atoms with Crippen molar-refractivity contribution in [3.8, 4) is 17.0 Å². The van der Waals surface area contributed by atoms with Crippen molar-refractivity contribution < 1.29 is 4.74 Å². The number of nitrogens with zero attached hydrogens (tertiary/aromatic N) is 1. The molecule has 0 atom stereocenters. The van der Waals surface area contributed by atoms with Gasteiger partial charge in [-0.2, -0.15) is 0 Å². The number of hydrogen-bond acceptors (Lipinski definition) is 3. The standard InChI is InChI=1S/C13H15N3O/c1-17-11-5-3-2-4-9(11)10-8-15-12(16-10)13(14)6-7-13/h2-5,8H,6-7,14H2,1H3,(H,15,16). The Morgan fingerprint density at radius 2 is 2.12 bits per heavy atom. The monoisotopic (exact) mass is 229 g/mol. The highest BCUT2D eigenvalue weighted by molar-refractivity contribution is 5.66. The summed E-state index contributed by atoms with van der Waals surface area (Å²) >= 11 is 0. The van der Waals surface area contributed by atoms with Gasteiger partial charge in [0, 0.05) is 5.56 Å². The Morgan fingerprint density at radius 3 is 2.82 bits per heavy atom. The molecule has 3 N–H and O–H groups in total. The summed E-state index contributed by atoms with van der Waals surface area (Å²) in [5.41, 5.74) is 7.85. The lowest BCUT2D eigenvalue weighted by Crippen LogP contribution is -2.20. The number of nitrogens with two attached hydrogens (primary N) is 1. The molecule has 0 radical (unpaired) electrons. The molecule has 1 fully saturated rings. The first-order chi connectivity index (χ1) is 8.23. The minimum atomic E-state index is -0.222. The predicted molar refractivity (Wildman–Crippen MR) is 65.7 cm³/mol. The Bertz CT molecular complexity index is 543. The summed E-state index contributed by atoms with van der Waals surface area (Å²) in [7, 11) is 1.67. The van der Waals surface area contributed by atoms with Gasteiger partial charge in [-0.15, -0.1) is 0 Å². The molecule has 0 amide bonds. The topological polar surface area (TPSA) is 63.9 Å². The van der Waals surface area contributed by atoms with E-state index in [9.17, 15) is 0 Å². The number of benzene rings is 1. The van der Waals surface area contributed by atoms with Crippen molar-refractivity contribution in [3.63, 3.8) is 0 Å². The molecule has 1 aromatic carbocycles. The predicted octanol–water partition coefficient (Wildman–Crippen LogP) is 2.03. The number of H-pyrrole nitrogens is 1. The van der Waals surface area contributed by atoms with Crippen molar-refractivity contribution in [3.05, 3.63) is 36.3 Å². The van der Waals surface area contributed by atoms with Gasteiger partial charge < -0.3 is 15.5 Å². The Labute approximate surface area is 99.8 Å². The van der Waals surface area contributed by atoms with E-state index in [1.807, 2.05) is 30.5 Å². The molecule has 1 aliphatic carbocycles. The maximum atomic E-state index is 6.10. The minimum absolute atomic E-state index is 0.222. The van der Waals surface area contributed by atoms with Crippen LogP contribution >= 0.6 is 0 Å². The van der Waals surface area contributed by atoms with Gasteiger partial charge in [0.15, 0.2) is 0 Å². The molecule has 0 aliphatic heterocycles. The number of imidazole rings is 1. The smallest absolute Gasteiger partial charge is 0.128 e. The van der Waals surface area contributed by atoms with Crippen molar-refractivity contribution in [2.45, 2.75) is 18.4 Å². The number of aromatic amines is 1. The second kappa shape index (κ2) is 3.60. The third kappa shape index (κ3) is 1.70. The average Bonchev–Trinajstić information content (AvgIpc) is 2.94. The molecule has 1 heterocycles. The normalized spacial score (nSPS) is 16.8. The van der Waals surface area contributed by atoms with Crippen LogP contribution in [-0.4, -0.2) is 17.1 Å². The first-order valence-electron chi connectivity index (χ1n) is 5.71. The number of para-hydroxylation sites is 1. The van der Waals surface area contributed by atoms with Gasteiger partial charge in [0.1, 0.15) is 11.6 Å². The molecule has 1 aromatic heterocycles. The van der Waals surface area contributed by atoms with Crippen LogP contribution in [0.2, 0.25) is 0 Å². The Balaban J connectivity index is 2.01. The molecular weight excluding hydrogens is 214 g/mol. The van der Waals surface area contributed by atoms with Crippen molar-refractivity contribution in [2.75, 3.05) is 7.11 Å². The number of rotatable bonds is 3. The van der Waals surface area contributed by atoms with Crippen molar-refractivity contribution in [2.24, 2.45) is 5.73 Å². The zero-order chi connectivity index (χ0) is 11.9. The van der Waals surface area contributed by atoms with Crippen LogP contribution in [0.25, 0.3) is 11.3 Å². The third-order valence-corrected chi connectivity index (χ3v) is 3.23. The summed E-state index contributed by atoms with van der Waals surface area (Å²) in [6.45, 7) is 0.